The van der Waals surface area contributed by atoms with Crippen LogP contribution in [0.1, 0.15) is 31.9 Å². The van der Waals surface area contributed by atoms with Gasteiger partial charge in [-0.25, -0.2) is 4.39 Å². The Morgan fingerprint density at radius 3 is 2.84 bits per heavy atom. The molecule has 0 spiro atoms. The van der Waals surface area contributed by atoms with Crippen molar-refractivity contribution < 1.29 is 14.2 Å². The summed E-state index contributed by atoms with van der Waals surface area (Å²) in [5.41, 5.74) is 1.55. The Bertz CT molecular complexity index is 436. The molecule has 1 aromatic carbocycles. The molecule has 3 nitrogen and oxygen atoms in total. The number of hydrogen-bond acceptors (Lipinski definition) is 3. The first-order valence-corrected chi connectivity index (χ1v) is 6.78. The van der Waals surface area contributed by atoms with E-state index in [0.717, 1.165) is 25.2 Å². The van der Waals surface area contributed by atoms with Gasteiger partial charge >= 0.3 is 0 Å². The molecule has 0 amide bonds. The number of aliphatic hydroxyl groups is 1. The fourth-order valence-electron chi connectivity index (χ4n) is 2.71. The average molecular weight is 267 g/mol. The minimum Gasteiger partial charge on any atom is -0.389 e. The first kappa shape index (κ1) is 14.3. The Labute approximate surface area is 114 Å². The molecule has 1 fully saturated rings. The number of piperidine rings is 1. The largest absolute Gasteiger partial charge is 0.389 e. The summed E-state index contributed by atoms with van der Waals surface area (Å²) < 4.78 is 18.8. The minimum absolute atomic E-state index is 0.181. The van der Waals surface area contributed by atoms with Gasteiger partial charge in [0.25, 0.3) is 0 Å². The summed E-state index contributed by atoms with van der Waals surface area (Å²) in [7, 11) is 1.73. The van der Waals surface area contributed by atoms with Crippen molar-refractivity contribution >= 4 is 5.69 Å². The first-order chi connectivity index (χ1) is 9.02. The van der Waals surface area contributed by atoms with Gasteiger partial charge in [-0.3, -0.25) is 0 Å². The molecule has 2 unspecified atom stereocenters. The normalized spacial score (nSPS) is 25.4. The van der Waals surface area contributed by atoms with Gasteiger partial charge in [0.2, 0.25) is 0 Å². The van der Waals surface area contributed by atoms with Crippen LogP contribution in [-0.4, -0.2) is 31.4 Å². The average Bonchev–Trinajstić information content (AvgIpc) is 2.39. The van der Waals surface area contributed by atoms with E-state index in [1.54, 1.807) is 20.1 Å². The maximum absolute atomic E-state index is 13.3. The van der Waals surface area contributed by atoms with Crippen molar-refractivity contribution in [3.63, 3.8) is 0 Å². The molecule has 1 aliphatic rings. The molecule has 2 rings (SSSR count). The smallest absolute Gasteiger partial charge is 0.123 e. The van der Waals surface area contributed by atoms with Crippen molar-refractivity contribution in [2.45, 2.75) is 32.5 Å². The number of rotatable bonds is 3. The van der Waals surface area contributed by atoms with E-state index in [1.807, 2.05) is 0 Å². The Balaban J connectivity index is 2.26. The van der Waals surface area contributed by atoms with Gasteiger partial charge in [-0.15, -0.1) is 0 Å². The van der Waals surface area contributed by atoms with E-state index in [-0.39, 0.29) is 11.9 Å². The third-order valence-corrected chi connectivity index (χ3v) is 3.97. The van der Waals surface area contributed by atoms with Crippen LogP contribution in [0.3, 0.4) is 0 Å². The highest BCUT2D eigenvalue weighted by atomic mass is 19.1. The molecule has 0 radical (unpaired) electrons. The maximum atomic E-state index is 13.3. The SMILES string of the molecule is COC1CN(c2ccc(F)cc2[C@@H](C)O)CCC1C. The molecule has 1 aromatic rings. The summed E-state index contributed by atoms with van der Waals surface area (Å²) >= 11 is 0. The van der Waals surface area contributed by atoms with Gasteiger partial charge in [0.05, 0.1) is 12.2 Å². The molecule has 0 saturated carbocycles. The molecule has 0 bridgehead atoms. The zero-order valence-electron chi connectivity index (χ0n) is 11.8. The monoisotopic (exact) mass is 267 g/mol. The van der Waals surface area contributed by atoms with Crippen molar-refractivity contribution in [2.24, 2.45) is 5.92 Å². The Morgan fingerprint density at radius 2 is 2.21 bits per heavy atom. The van der Waals surface area contributed by atoms with Gasteiger partial charge in [0, 0.05) is 31.5 Å². The predicted molar refractivity (Wildman–Crippen MR) is 73.8 cm³/mol. The molecule has 106 valence electrons. The number of benzene rings is 1. The van der Waals surface area contributed by atoms with Crippen molar-refractivity contribution in [1.29, 1.82) is 0 Å². The van der Waals surface area contributed by atoms with Crippen LogP contribution in [0.5, 0.6) is 0 Å². The molecule has 3 atom stereocenters. The third-order valence-electron chi connectivity index (χ3n) is 3.97. The first-order valence-electron chi connectivity index (χ1n) is 6.78. The molecule has 1 heterocycles. The second-order valence-corrected chi connectivity index (χ2v) is 5.37. The highest BCUT2D eigenvalue weighted by molar-refractivity contribution is 5.55. The highest BCUT2D eigenvalue weighted by Crippen LogP contribution is 2.31. The second-order valence-electron chi connectivity index (χ2n) is 5.37. The fourth-order valence-corrected chi connectivity index (χ4v) is 2.71. The lowest BCUT2D eigenvalue weighted by molar-refractivity contribution is 0.0496. The summed E-state index contributed by atoms with van der Waals surface area (Å²) in [4.78, 5) is 2.18. The van der Waals surface area contributed by atoms with Crippen LogP contribution in [-0.2, 0) is 4.74 Å². The number of nitrogens with zero attached hydrogens (tertiary/aromatic N) is 1. The van der Waals surface area contributed by atoms with Crippen molar-refractivity contribution in [2.75, 3.05) is 25.1 Å². The van der Waals surface area contributed by atoms with Gasteiger partial charge in [0.1, 0.15) is 5.82 Å². The summed E-state index contributed by atoms with van der Waals surface area (Å²) in [6.07, 6.45) is 0.543. The molecule has 4 heteroatoms. The number of hydrogen-bond donors (Lipinski definition) is 1. The van der Waals surface area contributed by atoms with E-state index in [4.69, 9.17) is 4.74 Å². The highest BCUT2D eigenvalue weighted by Gasteiger charge is 2.27. The van der Waals surface area contributed by atoms with Crippen LogP contribution in [0, 0.1) is 11.7 Å². The van der Waals surface area contributed by atoms with Crippen LogP contribution in [0.2, 0.25) is 0 Å². The standard InChI is InChI=1S/C15H22FNO2/c1-10-6-7-17(9-15(10)19-3)14-5-4-12(16)8-13(14)11(2)18/h4-5,8,10-11,15,18H,6-7,9H2,1-3H3/t10?,11-,15?/m1/s1. The molecule has 19 heavy (non-hydrogen) atoms. The topological polar surface area (TPSA) is 32.7 Å². The van der Waals surface area contributed by atoms with Gasteiger partial charge in [-0.05, 0) is 37.5 Å². The van der Waals surface area contributed by atoms with Gasteiger partial charge in [-0.2, -0.15) is 0 Å². The zero-order valence-corrected chi connectivity index (χ0v) is 11.8. The van der Waals surface area contributed by atoms with Crippen molar-refractivity contribution in [1.82, 2.24) is 0 Å². The van der Waals surface area contributed by atoms with E-state index < -0.39 is 6.10 Å². The van der Waals surface area contributed by atoms with Crippen LogP contribution >= 0.6 is 0 Å². The van der Waals surface area contributed by atoms with Crippen molar-refractivity contribution in [3.8, 4) is 0 Å². The molecular formula is C15H22FNO2. The summed E-state index contributed by atoms with van der Waals surface area (Å²) in [6.45, 7) is 5.54. The summed E-state index contributed by atoms with van der Waals surface area (Å²) in [5.74, 6) is 0.213. The molecule has 1 saturated heterocycles. The minimum atomic E-state index is -0.675. The van der Waals surface area contributed by atoms with E-state index in [9.17, 15) is 9.50 Å². The lowest BCUT2D eigenvalue weighted by Crippen LogP contribution is -2.44. The van der Waals surface area contributed by atoms with E-state index in [1.165, 1.54) is 12.1 Å². The zero-order chi connectivity index (χ0) is 14.0. The van der Waals surface area contributed by atoms with Gasteiger partial charge < -0.3 is 14.7 Å². The molecular weight excluding hydrogens is 245 g/mol. The summed E-state index contributed by atoms with van der Waals surface area (Å²) in [5, 5.41) is 9.81. The van der Waals surface area contributed by atoms with E-state index in [0.29, 0.717) is 11.5 Å². The van der Waals surface area contributed by atoms with Gasteiger partial charge in [0.15, 0.2) is 0 Å². The number of aliphatic hydroxyl groups excluding tert-OH is 1. The quantitative estimate of drug-likeness (QED) is 0.914. The Morgan fingerprint density at radius 1 is 1.47 bits per heavy atom. The second kappa shape index (κ2) is 5.88. The molecule has 1 N–H and O–H groups in total. The van der Waals surface area contributed by atoms with Crippen LogP contribution in [0.25, 0.3) is 0 Å². The molecule has 1 aliphatic heterocycles. The fraction of sp³-hybridized carbons (Fsp3) is 0.600. The number of halogens is 1. The Kier molecular flexibility index (Phi) is 4.42. The van der Waals surface area contributed by atoms with E-state index in [2.05, 4.69) is 11.8 Å². The maximum Gasteiger partial charge on any atom is 0.123 e. The van der Waals surface area contributed by atoms with Crippen molar-refractivity contribution in [3.05, 3.63) is 29.6 Å². The predicted octanol–water partition coefficient (Wildman–Crippen LogP) is 2.74. The van der Waals surface area contributed by atoms with Crippen LogP contribution in [0.4, 0.5) is 10.1 Å². The van der Waals surface area contributed by atoms with Gasteiger partial charge in [-0.1, -0.05) is 6.92 Å². The lowest BCUT2D eigenvalue weighted by atomic mass is 9.94. The number of anilines is 1. The van der Waals surface area contributed by atoms with E-state index >= 15 is 0 Å². The molecule has 0 aliphatic carbocycles. The molecule has 0 aromatic heterocycles. The number of ether oxygens (including phenoxy) is 1. The summed E-state index contributed by atoms with van der Waals surface area (Å²) in [6, 6.07) is 4.61. The van der Waals surface area contributed by atoms with Crippen LogP contribution in [0.15, 0.2) is 18.2 Å². The third kappa shape index (κ3) is 3.07. The number of methoxy groups -OCH3 is 1. The van der Waals surface area contributed by atoms with Crippen LogP contribution < -0.4 is 4.90 Å². The lowest BCUT2D eigenvalue weighted by Gasteiger charge is -2.38. The Hall–Kier alpha value is -1.13.